The maximum Gasteiger partial charge on any atom is 0.407 e. The number of benzene rings is 4. The van der Waals surface area contributed by atoms with E-state index in [0.29, 0.717) is 17.9 Å². The van der Waals surface area contributed by atoms with E-state index in [4.69, 9.17) is 9.47 Å². The number of thioether (sulfide) groups is 1. The van der Waals surface area contributed by atoms with Crippen molar-refractivity contribution in [1.82, 2.24) is 5.32 Å². The predicted molar refractivity (Wildman–Crippen MR) is 194 cm³/mol. The van der Waals surface area contributed by atoms with E-state index < -0.39 is 16.4 Å². The average molecular weight is 653 g/mol. The number of alkyl carbamates (subject to hydrolysis) is 1. The zero-order valence-corrected chi connectivity index (χ0v) is 29.1. The van der Waals surface area contributed by atoms with Crippen molar-refractivity contribution in [2.75, 3.05) is 24.7 Å². The second kappa shape index (κ2) is 17.1. The van der Waals surface area contributed by atoms with Gasteiger partial charge in [-0.1, -0.05) is 117 Å². The second-order valence-corrected chi connectivity index (χ2v) is 13.9. The Morgan fingerprint density at radius 3 is 1.83 bits per heavy atom. The SMILES string of the molecule is CCCCCc1ccc(C(=O)OC)cc1NC[C@H](CSC(c1ccccc1)(c1ccccc1)c1ccccc1)NC(=O)OC(C)(C)C. The van der Waals surface area contributed by atoms with Crippen LogP contribution >= 0.6 is 11.8 Å². The number of anilines is 1. The van der Waals surface area contributed by atoms with Crippen LogP contribution in [0.3, 0.4) is 0 Å². The standard InChI is InChI=1S/C40H48N2O4S/c1-6-7-11-18-30-25-26-31(37(43)45-5)27-36(30)41-28-35(42-38(44)46-39(2,3)4)29-47-40(32-19-12-8-13-20-32,33-21-14-9-15-22-33)34-23-16-10-17-24-34/h8-10,12-17,19-27,35,41H,6-7,11,18,28-29H2,1-5H3,(H,42,44)/t35-/m1/s1. The lowest BCUT2D eigenvalue weighted by Gasteiger charge is -2.37. The van der Waals surface area contributed by atoms with Crippen molar-refractivity contribution in [3.63, 3.8) is 0 Å². The summed E-state index contributed by atoms with van der Waals surface area (Å²) >= 11 is 1.78. The molecule has 0 spiro atoms. The fourth-order valence-electron chi connectivity index (χ4n) is 5.62. The number of hydrogen-bond donors (Lipinski definition) is 2. The van der Waals surface area contributed by atoms with E-state index in [9.17, 15) is 9.59 Å². The van der Waals surface area contributed by atoms with Gasteiger partial charge in [-0.15, -0.1) is 11.8 Å². The van der Waals surface area contributed by atoms with Crippen LogP contribution < -0.4 is 10.6 Å². The van der Waals surface area contributed by atoms with Crippen molar-refractivity contribution in [1.29, 1.82) is 0 Å². The Morgan fingerprint density at radius 2 is 1.34 bits per heavy atom. The van der Waals surface area contributed by atoms with Crippen LogP contribution in [-0.4, -0.2) is 43.1 Å². The van der Waals surface area contributed by atoms with E-state index in [2.05, 4.69) is 90.4 Å². The first-order valence-electron chi connectivity index (χ1n) is 16.4. The van der Waals surface area contributed by atoms with E-state index in [-0.39, 0.29) is 12.0 Å². The van der Waals surface area contributed by atoms with Crippen molar-refractivity contribution in [2.45, 2.75) is 69.8 Å². The van der Waals surface area contributed by atoms with Gasteiger partial charge in [0.2, 0.25) is 0 Å². The topological polar surface area (TPSA) is 76.7 Å². The minimum Gasteiger partial charge on any atom is -0.465 e. The molecule has 1 amide bonds. The van der Waals surface area contributed by atoms with E-state index in [1.165, 1.54) is 7.11 Å². The minimum atomic E-state index is -0.641. The molecule has 0 heterocycles. The molecule has 0 radical (unpaired) electrons. The molecule has 0 aliphatic heterocycles. The number of aryl methyl sites for hydroxylation is 1. The fourth-order valence-corrected chi connectivity index (χ4v) is 7.18. The molecule has 6 nitrogen and oxygen atoms in total. The highest BCUT2D eigenvalue weighted by molar-refractivity contribution is 8.00. The third-order valence-corrected chi connectivity index (χ3v) is 9.59. The summed E-state index contributed by atoms with van der Waals surface area (Å²) in [4.78, 5) is 25.7. The lowest BCUT2D eigenvalue weighted by Crippen LogP contribution is -2.45. The summed E-state index contributed by atoms with van der Waals surface area (Å²) in [5, 5.41) is 6.75. The predicted octanol–water partition coefficient (Wildman–Crippen LogP) is 9.24. The number of hydrogen-bond acceptors (Lipinski definition) is 6. The number of methoxy groups -OCH3 is 1. The molecule has 4 aromatic carbocycles. The van der Waals surface area contributed by atoms with Crippen LogP contribution in [0.5, 0.6) is 0 Å². The zero-order valence-electron chi connectivity index (χ0n) is 28.3. The molecule has 0 fully saturated rings. The molecule has 0 unspecified atom stereocenters. The molecule has 4 aromatic rings. The van der Waals surface area contributed by atoms with Crippen molar-refractivity contribution in [3.8, 4) is 0 Å². The Bertz CT molecular complexity index is 1460. The third kappa shape index (κ3) is 9.88. The number of carbonyl (C=O) groups is 2. The summed E-state index contributed by atoms with van der Waals surface area (Å²) < 4.78 is 10.2. The van der Waals surface area contributed by atoms with Gasteiger partial charge < -0.3 is 20.1 Å². The van der Waals surface area contributed by atoms with E-state index >= 15 is 0 Å². The number of rotatable bonds is 15. The smallest absolute Gasteiger partial charge is 0.407 e. The van der Waals surface area contributed by atoms with Crippen LogP contribution in [0.15, 0.2) is 109 Å². The van der Waals surface area contributed by atoms with Gasteiger partial charge in [-0.3, -0.25) is 0 Å². The first-order chi connectivity index (χ1) is 22.7. The Hall–Kier alpha value is -4.23. The van der Waals surface area contributed by atoms with Gasteiger partial charge in [-0.2, -0.15) is 0 Å². The molecule has 0 aliphatic rings. The first-order valence-corrected chi connectivity index (χ1v) is 17.4. The minimum absolute atomic E-state index is 0.323. The van der Waals surface area contributed by atoms with Gasteiger partial charge in [-0.05, 0) is 68.0 Å². The van der Waals surface area contributed by atoms with Gasteiger partial charge in [0.15, 0.2) is 0 Å². The molecular formula is C40H48N2O4S. The van der Waals surface area contributed by atoms with Gasteiger partial charge in [-0.25, -0.2) is 9.59 Å². The van der Waals surface area contributed by atoms with Crippen LogP contribution in [0.2, 0.25) is 0 Å². The number of unbranched alkanes of at least 4 members (excludes halogenated alkanes) is 2. The van der Waals surface area contributed by atoms with Crippen LogP contribution in [0, 0.1) is 0 Å². The van der Waals surface area contributed by atoms with Gasteiger partial charge >= 0.3 is 12.1 Å². The van der Waals surface area contributed by atoms with E-state index in [1.54, 1.807) is 11.8 Å². The molecule has 7 heteroatoms. The largest absolute Gasteiger partial charge is 0.465 e. The number of amides is 1. The lowest BCUT2D eigenvalue weighted by atomic mass is 9.84. The molecule has 0 aromatic heterocycles. The van der Waals surface area contributed by atoms with Gasteiger partial charge in [0.1, 0.15) is 5.60 Å². The van der Waals surface area contributed by atoms with Crippen molar-refractivity contribution < 1.29 is 19.1 Å². The summed E-state index contributed by atoms with van der Waals surface area (Å²) in [6.07, 6.45) is 3.70. The van der Waals surface area contributed by atoms with Crippen molar-refractivity contribution >= 4 is 29.5 Å². The molecule has 248 valence electrons. The fraction of sp³-hybridized carbons (Fsp3) is 0.350. The zero-order chi connectivity index (χ0) is 33.7. The Kier molecular flexibility index (Phi) is 12.9. The Labute approximate surface area is 284 Å². The maximum atomic E-state index is 13.2. The van der Waals surface area contributed by atoms with E-state index in [0.717, 1.165) is 53.6 Å². The molecule has 47 heavy (non-hydrogen) atoms. The molecule has 1 atom stereocenters. The third-order valence-electron chi connectivity index (χ3n) is 7.88. The summed E-state index contributed by atoms with van der Waals surface area (Å²) in [7, 11) is 1.39. The number of carbonyl (C=O) groups excluding carboxylic acids is 2. The first kappa shape index (κ1) is 35.6. The summed E-state index contributed by atoms with van der Waals surface area (Å²) in [5.74, 6) is 0.179. The van der Waals surface area contributed by atoms with Crippen LogP contribution in [0.1, 0.15) is 79.6 Å². The second-order valence-electron chi connectivity index (χ2n) is 12.6. The highest BCUT2D eigenvalue weighted by Gasteiger charge is 2.38. The maximum absolute atomic E-state index is 13.2. The van der Waals surface area contributed by atoms with Gasteiger partial charge in [0.05, 0.1) is 23.5 Å². The quantitative estimate of drug-likeness (QED) is 0.0758. The summed E-state index contributed by atoms with van der Waals surface area (Å²) in [6.45, 7) is 8.19. The van der Waals surface area contributed by atoms with Crippen molar-refractivity contribution in [2.24, 2.45) is 0 Å². The van der Waals surface area contributed by atoms with E-state index in [1.807, 2.05) is 57.2 Å². The van der Waals surface area contributed by atoms with Crippen LogP contribution in [-0.2, 0) is 20.6 Å². The Morgan fingerprint density at radius 1 is 0.787 bits per heavy atom. The molecule has 0 saturated carbocycles. The molecule has 0 bridgehead atoms. The molecule has 4 rings (SSSR count). The lowest BCUT2D eigenvalue weighted by molar-refractivity contribution is 0.0511. The van der Waals surface area contributed by atoms with Crippen LogP contribution in [0.4, 0.5) is 10.5 Å². The average Bonchev–Trinajstić information content (AvgIpc) is 3.08. The highest BCUT2D eigenvalue weighted by atomic mass is 32.2. The summed E-state index contributed by atoms with van der Waals surface area (Å²) in [5.41, 5.74) is 5.28. The summed E-state index contributed by atoms with van der Waals surface area (Å²) in [6, 6.07) is 36.9. The molecular weight excluding hydrogens is 605 g/mol. The highest BCUT2D eigenvalue weighted by Crippen LogP contribution is 2.48. The number of ether oxygens (including phenoxy) is 2. The van der Waals surface area contributed by atoms with Crippen molar-refractivity contribution in [3.05, 3.63) is 137 Å². The normalized spacial score (nSPS) is 12.2. The molecule has 0 aliphatic carbocycles. The van der Waals surface area contributed by atoms with Gasteiger partial charge in [0, 0.05) is 18.0 Å². The molecule has 2 N–H and O–H groups in total. The number of esters is 1. The molecule has 0 saturated heterocycles. The van der Waals surface area contributed by atoms with Gasteiger partial charge in [0.25, 0.3) is 0 Å². The Balaban J connectivity index is 1.71. The number of nitrogens with one attached hydrogen (secondary N) is 2. The van der Waals surface area contributed by atoms with Crippen LogP contribution in [0.25, 0.3) is 0 Å². The monoisotopic (exact) mass is 652 g/mol.